The van der Waals surface area contributed by atoms with Gasteiger partial charge >= 0.3 is 0 Å². The van der Waals surface area contributed by atoms with Gasteiger partial charge in [0.25, 0.3) is 0 Å². The van der Waals surface area contributed by atoms with Gasteiger partial charge in [0.15, 0.2) is 11.6 Å². The molecule has 0 radical (unpaired) electrons. The summed E-state index contributed by atoms with van der Waals surface area (Å²) in [4.78, 5) is 17.9. The third-order valence-electron chi connectivity index (χ3n) is 6.48. The SMILES string of the molecule is COCCN1CCN(C2CCC(O)CC2)c2cnc(-c3cccc4[nH]ccc34)nc21. The summed E-state index contributed by atoms with van der Waals surface area (Å²) < 4.78 is 5.35. The molecule has 0 spiro atoms. The van der Waals surface area contributed by atoms with Crippen LogP contribution < -0.4 is 9.80 Å². The number of H-pyrrole nitrogens is 1. The summed E-state index contributed by atoms with van der Waals surface area (Å²) in [5.41, 5.74) is 3.23. The molecule has 7 nitrogen and oxygen atoms in total. The first kappa shape index (κ1) is 19.3. The van der Waals surface area contributed by atoms with E-state index in [1.54, 1.807) is 7.11 Å². The molecular weight excluding hydrogens is 378 g/mol. The van der Waals surface area contributed by atoms with Crippen molar-refractivity contribution in [2.75, 3.05) is 43.2 Å². The predicted octanol–water partition coefficient (Wildman–Crippen LogP) is 3.20. The minimum Gasteiger partial charge on any atom is -0.393 e. The smallest absolute Gasteiger partial charge is 0.162 e. The number of anilines is 2. The van der Waals surface area contributed by atoms with Gasteiger partial charge in [-0.05, 0) is 37.8 Å². The van der Waals surface area contributed by atoms with E-state index in [0.29, 0.717) is 12.6 Å². The lowest BCUT2D eigenvalue weighted by Gasteiger charge is -2.43. The molecule has 2 aromatic heterocycles. The van der Waals surface area contributed by atoms with Crippen LogP contribution in [0.5, 0.6) is 0 Å². The van der Waals surface area contributed by atoms with Gasteiger partial charge in [-0.25, -0.2) is 9.97 Å². The standard InChI is InChI=1S/C23H29N5O2/c1-30-14-13-27-11-12-28(16-5-7-17(29)8-6-16)21-15-25-22(26-23(21)27)19-3-2-4-20-18(19)9-10-24-20/h2-4,9-10,15-17,24,29H,5-8,11-14H2,1H3. The van der Waals surface area contributed by atoms with Gasteiger partial charge in [0.2, 0.25) is 0 Å². The van der Waals surface area contributed by atoms with Crippen LogP contribution in [-0.2, 0) is 4.74 Å². The van der Waals surface area contributed by atoms with Gasteiger partial charge in [-0.1, -0.05) is 12.1 Å². The van der Waals surface area contributed by atoms with Crippen molar-refractivity contribution in [2.24, 2.45) is 0 Å². The van der Waals surface area contributed by atoms with Crippen molar-refractivity contribution in [1.29, 1.82) is 0 Å². The van der Waals surface area contributed by atoms with Crippen molar-refractivity contribution < 1.29 is 9.84 Å². The highest BCUT2D eigenvalue weighted by Gasteiger charge is 2.32. The molecule has 0 atom stereocenters. The number of ether oxygens (including phenoxy) is 1. The molecule has 3 aromatic rings. The Labute approximate surface area is 176 Å². The fourth-order valence-electron chi connectivity index (χ4n) is 4.84. The van der Waals surface area contributed by atoms with Gasteiger partial charge in [-0.3, -0.25) is 0 Å². The van der Waals surface area contributed by atoms with E-state index in [4.69, 9.17) is 14.7 Å². The molecule has 0 amide bonds. The summed E-state index contributed by atoms with van der Waals surface area (Å²) in [5, 5.41) is 11.1. The Morgan fingerprint density at radius 3 is 2.87 bits per heavy atom. The number of rotatable bonds is 5. The highest BCUT2D eigenvalue weighted by molar-refractivity contribution is 5.93. The van der Waals surface area contributed by atoms with Gasteiger partial charge in [-0.2, -0.15) is 0 Å². The van der Waals surface area contributed by atoms with E-state index in [9.17, 15) is 5.11 Å². The normalized spacial score (nSPS) is 21.8. The molecule has 30 heavy (non-hydrogen) atoms. The molecule has 2 N–H and O–H groups in total. The Morgan fingerprint density at radius 2 is 2.03 bits per heavy atom. The Morgan fingerprint density at radius 1 is 1.17 bits per heavy atom. The molecule has 0 unspecified atom stereocenters. The number of nitrogens with zero attached hydrogens (tertiary/aromatic N) is 4. The van der Waals surface area contributed by atoms with Crippen LogP contribution in [0.3, 0.4) is 0 Å². The molecule has 7 heteroatoms. The highest BCUT2D eigenvalue weighted by Crippen LogP contribution is 2.37. The zero-order chi connectivity index (χ0) is 20.5. The van der Waals surface area contributed by atoms with E-state index in [1.165, 1.54) is 0 Å². The van der Waals surface area contributed by atoms with Crippen LogP contribution in [0.4, 0.5) is 11.5 Å². The van der Waals surface area contributed by atoms with Crippen molar-refractivity contribution in [2.45, 2.75) is 37.8 Å². The Hall–Kier alpha value is -2.64. The van der Waals surface area contributed by atoms with E-state index in [1.807, 2.05) is 18.5 Å². The monoisotopic (exact) mass is 407 g/mol. The number of aliphatic hydroxyl groups excluding tert-OH is 1. The number of benzene rings is 1. The van der Waals surface area contributed by atoms with Crippen molar-refractivity contribution >= 4 is 22.4 Å². The molecule has 0 bridgehead atoms. The zero-order valence-corrected chi connectivity index (χ0v) is 17.4. The number of hydrogen-bond acceptors (Lipinski definition) is 6. The molecule has 1 saturated carbocycles. The van der Waals surface area contributed by atoms with Gasteiger partial charge < -0.3 is 24.6 Å². The summed E-state index contributed by atoms with van der Waals surface area (Å²) in [6.07, 6.45) is 7.58. The summed E-state index contributed by atoms with van der Waals surface area (Å²) in [7, 11) is 1.74. The second-order valence-corrected chi connectivity index (χ2v) is 8.28. The lowest BCUT2D eigenvalue weighted by atomic mass is 9.91. The van der Waals surface area contributed by atoms with E-state index >= 15 is 0 Å². The number of methoxy groups -OCH3 is 1. The van der Waals surface area contributed by atoms with Crippen molar-refractivity contribution in [1.82, 2.24) is 15.0 Å². The first-order chi connectivity index (χ1) is 14.7. The number of aromatic amines is 1. The Bertz CT molecular complexity index is 1010. The maximum Gasteiger partial charge on any atom is 0.162 e. The molecule has 5 rings (SSSR count). The first-order valence-corrected chi connectivity index (χ1v) is 10.9. The number of aromatic nitrogens is 3. The van der Waals surface area contributed by atoms with Gasteiger partial charge in [-0.15, -0.1) is 0 Å². The fourth-order valence-corrected chi connectivity index (χ4v) is 4.84. The largest absolute Gasteiger partial charge is 0.393 e. The molecule has 1 aliphatic carbocycles. The molecule has 1 aromatic carbocycles. The topological polar surface area (TPSA) is 77.5 Å². The van der Waals surface area contributed by atoms with E-state index in [0.717, 1.165) is 79.1 Å². The molecule has 0 saturated heterocycles. The third kappa shape index (κ3) is 3.52. The van der Waals surface area contributed by atoms with Crippen LogP contribution in [0, 0.1) is 0 Å². The van der Waals surface area contributed by atoms with Crippen LogP contribution in [0.25, 0.3) is 22.3 Å². The summed E-state index contributed by atoms with van der Waals surface area (Å²) in [5.74, 6) is 1.74. The Kier molecular flexibility index (Phi) is 5.31. The first-order valence-electron chi connectivity index (χ1n) is 10.9. The number of aliphatic hydroxyl groups is 1. The fraction of sp³-hybridized carbons (Fsp3) is 0.478. The second kappa shape index (κ2) is 8.24. The second-order valence-electron chi connectivity index (χ2n) is 8.28. The predicted molar refractivity (Wildman–Crippen MR) is 119 cm³/mol. The van der Waals surface area contributed by atoms with Crippen LogP contribution >= 0.6 is 0 Å². The van der Waals surface area contributed by atoms with E-state index in [-0.39, 0.29) is 6.10 Å². The third-order valence-corrected chi connectivity index (χ3v) is 6.48. The maximum atomic E-state index is 9.92. The summed E-state index contributed by atoms with van der Waals surface area (Å²) >= 11 is 0. The van der Waals surface area contributed by atoms with Crippen molar-refractivity contribution in [3.8, 4) is 11.4 Å². The van der Waals surface area contributed by atoms with E-state index < -0.39 is 0 Å². The summed E-state index contributed by atoms with van der Waals surface area (Å²) in [6.45, 7) is 3.35. The number of hydrogen-bond donors (Lipinski definition) is 2. The molecule has 3 heterocycles. The Balaban J connectivity index is 1.53. The number of fused-ring (bicyclic) bond motifs is 2. The van der Waals surface area contributed by atoms with Gasteiger partial charge in [0.05, 0.1) is 24.6 Å². The molecular formula is C23H29N5O2. The maximum absolute atomic E-state index is 9.92. The van der Waals surface area contributed by atoms with Crippen LogP contribution in [-0.4, -0.2) is 65.6 Å². The van der Waals surface area contributed by atoms with Gasteiger partial charge in [0, 0.05) is 55.4 Å². The average molecular weight is 408 g/mol. The quantitative estimate of drug-likeness (QED) is 0.676. The minimum absolute atomic E-state index is 0.149. The number of nitrogens with one attached hydrogen (secondary N) is 1. The molecule has 1 aliphatic heterocycles. The molecule has 2 aliphatic rings. The highest BCUT2D eigenvalue weighted by atomic mass is 16.5. The van der Waals surface area contributed by atoms with Crippen molar-refractivity contribution in [3.05, 3.63) is 36.7 Å². The van der Waals surface area contributed by atoms with Gasteiger partial charge in [0.1, 0.15) is 0 Å². The zero-order valence-electron chi connectivity index (χ0n) is 17.4. The van der Waals surface area contributed by atoms with Crippen LogP contribution in [0.1, 0.15) is 25.7 Å². The lowest BCUT2D eigenvalue weighted by Crippen LogP contribution is -2.48. The average Bonchev–Trinajstić information content (AvgIpc) is 3.27. The summed E-state index contributed by atoms with van der Waals surface area (Å²) in [6, 6.07) is 8.72. The van der Waals surface area contributed by atoms with Crippen LogP contribution in [0.15, 0.2) is 36.7 Å². The van der Waals surface area contributed by atoms with Crippen molar-refractivity contribution in [3.63, 3.8) is 0 Å². The minimum atomic E-state index is -0.149. The molecule has 158 valence electrons. The van der Waals surface area contributed by atoms with Crippen LogP contribution in [0.2, 0.25) is 0 Å². The molecule has 1 fully saturated rings. The van der Waals surface area contributed by atoms with E-state index in [2.05, 4.69) is 33.0 Å². The lowest BCUT2D eigenvalue weighted by molar-refractivity contribution is 0.121.